The number of aromatic nitrogens is 1. The molecule has 0 fully saturated rings. The monoisotopic (exact) mass is 217 g/mol. The molecule has 0 aliphatic carbocycles. The molecule has 0 spiro atoms. The van der Waals surface area contributed by atoms with Crippen molar-refractivity contribution in [3.8, 4) is 0 Å². The summed E-state index contributed by atoms with van der Waals surface area (Å²) >= 11 is 0. The van der Waals surface area contributed by atoms with Crippen LogP contribution >= 0.6 is 0 Å². The highest BCUT2D eigenvalue weighted by Gasteiger charge is 2.06. The van der Waals surface area contributed by atoms with Gasteiger partial charge in [-0.2, -0.15) is 0 Å². The zero-order chi connectivity index (χ0) is 11.5. The van der Waals surface area contributed by atoms with Gasteiger partial charge in [0.25, 0.3) is 0 Å². The molecule has 1 heterocycles. The Morgan fingerprint density at radius 3 is 2.81 bits per heavy atom. The number of nitrogens with zero attached hydrogens (tertiary/aromatic N) is 1. The summed E-state index contributed by atoms with van der Waals surface area (Å²) in [6.45, 7) is 6.60. The highest BCUT2D eigenvalue weighted by atomic mass is 16.3. The van der Waals surface area contributed by atoms with Crippen molar-refractivity contribution in [2.24, 2.45) is 5.92 Å². The molecule has 16 heavy (non-hydrogen) atoms. The van der Waals surface area contributed by atoms with E-state index >= 15 is 0 Å². The third-order valence-electron chi connectivity index (χ3n) is 2.60. The summed E-state index contributed by atoms with van der Waals surface area (Å²) < 4.78 is 5.66. The first-order valence-electron chi connectivity index (χ1n) is 6.07. The predicted octanol–water partition coefficient (Wildman–Crippen LogP) is 3.98. The number of hydrogen-bond donors (Lipinski definition) is 0. The number of fused-ring (bicyclic) bond motifs is 1. The Morgan fingerprint density at radius 1 is 1.31 bits per heavy atom. The van der Waals surface area contributed by atoms with E-state index in [4.69, 9.17) is 4.42 Å². The highest BCUT2D eigenvalue weighted by molar-refractivity contribution is 5.73. The van der Waals surface area contributed by atoms with E-state index in [0.29, 0.717) is 5.92 Å². The zero-order valence-electron chi connectivity index (χ0n) is 10.3. The SMILES string of the molecule is CCCc1nc2cc(CC(C)C)ccc2o1. The molecule has 0 bridgehead atoms. The van der Waals surface area contributed by atoms with E-state index in [9.17, 15) is 0 Å². The first-order valence-corrected chi connectivity index (χ1v) is 6.07. The van der Waals surface area contributed by atoms with Gasteiger partial charge in [-0.05, 0) is 36.5 Å². The highest BCUT2D eigenvalue weighted by Crippen LogP contribution is 2.19. The van der Waals surface area contributed by atoms with Crippen molar-refractivity contribution >= 4 is 11.1 Å². The molecule has 0 aliphatic heterocycles. The van der Waals surface area contributed by atoms with E-state index in [1.807, 2.05) is 6.07 Å². The third-order valence-corrected chi connectivity index (χ3v) is 2.60. The lowest BCUT2D eigenvalue weighted by molar-refractivity contribution is 0.525. The lowest BCUT2D eigenvalue weighted by Crippen LogP contribution is -1.93. The fourth-order valence-corrected chi connectivity index (χ4v) is 1.94. The number of hydrogen-bond acceptors (Lipinski definition) is 2. The second kappa shape index (κ2) is 4.69. The summed E-state index contributed by atoms with van der Waals surface area (Å²) in [5.74, 6) is 1.54. The predicted molar refractivity (Wildman–Crippen MR) is 66.5 cm³/mol. The normalized spacial score (nSPS) is 11.5. The van der Waals surface area contributed by atoms with Crippen LogP contribution in [0.1, 0.15) is 38.6 Å². The minimum atomic E-state index is 0.680. The molecule has 0 radical (unpaired) electrons. The van der Waals surface area contributed by atoms with E-state index in [1.165, 1.54) is 5.56 Å². The molecule has 86 valence electrons. The Kier molecular flexibility index (Phi) is 3.28. The fourth-order valence-electron chi connectivity index (χ4n) is 1.94. The standard InChI is InChI=1S/C14H19NO/c1-4-5-14-15-12-9-11(8-10(2)3)6-7-13(12)16-14/h6-7,9-10H,4-5,8H2,1-3H3. The van der Waals surface area contributed by atoms with Crippen LogP contribution in [0.2, 0.25) is 0 Å². The third kappa shape index (κ3) is 2.43. The van der Waals surface area contributed by atoms with Crippen molar-refractivity contribution in [1.29, 1.82) is 0 Å². The molecule has 0 atom stereocenters. The average Bonchev–Trinajstić information content (AvgIpc) is 2.59. The number of rotatable bonds is 4. The van der Waals surface area contributed by atoms with E-state index in [1.54, 1.807) is 0 Å². The summed E-state index contributed by atoms with van der Waals surface area (Å²) in [6, 6.07) is 6.33. The van der Waals surface area contributed by atoms with Crippen molar-refractivity contribution < 1.29 is 4.42 Å². The first-order chi connectivity index (χ1) is 7.69. The molecule has 0 unspecified atom stereocenters. The quantitative estimate of drug-likeness (QED) is 0.774. The Balaban J connectivity index is 2.30. The number of aryl methyl sites for hydroxylation is 1. The lowest BCUT2D eigenvalue weighted by atomic mass is 10.0. The van der Waals surface area contributed by atoms with Crippen LogP contribution in [0.25, 0.3) is 11.1 Å². The summed E-state index contributed by atoms with van der Waals surface area (Å²) in [5.41, 5.74) is 3.26. The fraction of sp³-hybridized carbons (Fsp3) is 0.500. The summed E-state index contributed by atoms with van der Waals surface area (Å²) in [7, 11) is 0. The van der Waals surface area contributed by atoms with Crippen molar-refractivity contribution in [3.63, 3.8) is 0 Å². The molecular weight excluding hydrogens is 198 g/mol. The van der Waals surface area contributed by atoms with Gasteiger partial charge in [0.05, 0.1) is 0 Å². The maximum absolute atomic E-state index is 5.66. The van der Waals surface area contributed by atoms with Crippen molar-refractivity contribution in [2.45, 2.75) is 40.0 Å². The van der Waals surface area contributed by atoms with Gasteiger partial charge in [-0.1, -0.05) is 26.8 Å². The largest absolute Gasteiger partial charge is 0.441 e. The minimum Gasteiger partial charge on any atom is -0.441 e. The van der Waals surface area contributed by atoms with Crippen molar-refractivity contribution in [3.05, 3.63) is 29.7 Å². The Labute approximate surface area is 96.7 Å². The van der Waals surface area contributed by atoms with Crippen LogP contribution in [0.15, 0.2) is 22.6 Å². The molecule has 2 nitrogen and oxygen atoms in total. The number of oxazole rings is 1. The van der Waals surface area contributed by atoms with E-state index in [0.717, 1.165) is 36.3 Å². The molecule has 2 heteroatoms. The van der Waals surface area contributed by atoms with Crippen LogP contribution in [0.5, 0.6) is 0 Å². The van der Waals surface area contributed by atoms with Crippen LogP contribution in [0, 0.1) is 5.92 Å². The van der Waals surface area contributed by atoms with Gasteiger partial charge in [0.1, 0.15) is 5.52 Å². The molecule has 0 amide bonds. The van der Waals surface area contributed by atoms with Gasteiger partial charge in [0.15, 0.2) is 11.5 Å². The molecule has 0 saturated carbocycles. The second-order valence-electron chi connectivity index (χ2n) is 4.76. The van der Waals surface area contributed by atoms with Crippen molar-refractivity contribution in [1.82, 2.24) is 4.98 Å². The molecule has 1 aromatic carbocycles. The second-order valence-corrected chi connectivity index (χ2v) is 4.76. The number of benzene rings is 1. The van der Waals surface area contributed by atoms with Gasteiger partial charge in [0, 0.05) is 6.42 Å². The van der Waals surface area contributed by atoms with Gasteiger partial charge in [0.2, 0.25) is 0 Å². The van der Waals surface area contributed by atoms with E-state index < -0.39 is 0 Å². The van der Waals surface area contributed by atoms with Gasteiger partial charge in [-0.25, -0.2) is 4.98 Å². The molecule has 2 rings (SSSR count). The summed E-state index contributed by atoms with van der Waals surface area (Å²) in [5, 5.41) is 0. The van der Waals surface area contributed by atoms with Crippen molar-refractivity contribution in [2.75, 3.05) is 0 Å². The Morgan fingerprint density at radius 2 is 2.12 bits per heavy atom. The average molecular weight is 217 g/mol. The van der Waals surface area contributed by atoms with E-state index in [2.05, 4.69) is 37.9 Å². The Hall–Kier alpha value is -1.31. The van der Waals surface area contributed by atoms with Gasteiger partial charge in [-0.15, -0.1) is 0 Å². The Bertz CT molecular complexity index is 471. The van der Waals surface area contributed by atoms with Crippen LogP contribution in [-0.4, -0.2) is 4.98 Å². The van der Waals surface area contributed by atoms with E-state index in [-0.39, 0.29) is 0 Å². The van der Waals surface area contributed by atoms with Crippen LogP contribution in [0.3, 0.4) is 0 Å². The molecule has 0 N–H and O–H groups in total. The van der Waals surface area contributed by atoms with Gasteiger partial charge < -0.3 is 4.42 Å². The maximum atomic E-state index is 5.66. The molecule has 1 aromatic heterocycles. The first kappa shape index (κ1) is 11.2. The molecule has 0 aliphatic rings. The van der Waals surface area contributed by atoms with Crippen LogP contribution in [-0.2, 0) is 12.8 Å². The lowest BCUT2D eigenvalue weighted by Gasteiger charge is -2.03. The minimum absolute atomic E-state index is 0.680. The summed E-state index contributed by atoms with van der Waals surface area (Å²) in [4.78, 5) is 4.50. The zero-order valence-corrected chi connectivity index (χ0v) is 10.3. The topological polar surface area (TPSA) is 26.0 Å². The molecule has 0 saturated heterocycles. The van der Waals surface area contributed by atoms with Crippen LogP contribution in [0.4, 0.5) is 0 Å². The van der Waals surface area contributed by atoms with Gasteiger partial charge >= 0.3 is 0 Å². The summed E-state index contributed by atoms with van der Waals surface area (Å²) in [6.07, 6.45) is 3.10. The smallest absolute Gasteiger partial charge is 0.195 e. The molecular formula is C14H19NO. The van der Waals surface area contributed by atoms with Crippen LogP contribution < -0.4 is 0 Å². The van der Waals surface area contributed by atoms with Gasteiger partial charge in [-0.3, -0.25) is 0 Å². The maximum Gasteiger partial charge on any atom is 0.195 e. The molecule has 2 aromatic rings.